The SMILES string of the molecule is CC(=O)[Se]C=C([Se]c1ccccc1)[Se]c1ccccc1. The van der Waals surface area contributed by atoms with Gasteiger partial charge in [-0.2, -0.15) is 0 Å². The molecule has 0 atom stereocenters. The van der Waals surface area contributed by atoms with Crippen LogP contribution in [0.5, 0.6) is 0 Å². The molecule has 0 aromatic heterocycles. The van der Waals surface area contributed by atoms with Crippen LogP contribution >= 0.6 is 0 Å². The van der Waals surface area contributed by atoms with E-state index in [0.29, 0.717) is 34.6 Å². The van der Waals surface area contributed by atoms with Gasteiger partial charge < -0.3 is 0 Å². The van der Waals surface area contributed by atoms with Gasteiger partial charge in [-0.1, -0.05) is 0 Å². The van der Waals surface area contributed by atoms with Crippen molar-refractivity contribution in [3.05, 3.63) is 69.0 Å². The van der Waals surface area contributed by atoms with Gasteiger partial charge in [-0.15, -0.1) is 0 Å². The topological polar surface area (TPSA) is 17.1 Å². The van der Waals surface area contributed by atoms with Gasteiger partial charge in [0.05, 0.1) is 0 Å². The van der Waals surface area contributed by atoms with Gasteiger partial charge in [0, 0.05) is 0 Å². The molecular weight excluding hydrogens is 445 g/mol. The number of benzene rings is 2. The van der Waals surface area contributed by atoms with Crippen LogP contribution in [-0.4, -0.2) is 49.6 Å². The molecule has 0 aliphatic carbocycles. The Balaban J connectivity index is 2.12. The molecule has 0 heterocycles. The van der Waals surface area contributed by atoms with Gasteiger partial charge in [0.25, 0.3) is 0 Å². The van der Waals surface area contributed by atoms with E-state index in [4.69, 9.17) is 0 Å². The molecule has 0 N–H and O–H groups in total. The molecule has 0 radical (unpaired) electrons. The molecule has 1 nitrogen and oxygen atoms in total. The molecule has 4 heteroatoms. The van der Waals surface area contributed by atoms with Crippen LogP contribution in [-0.2, 0) is 4.79 Å². The fourth-order valence-electron chi connectivity index (χ4n) is 1.41. The van der Waals surface area contributed by atoms with Crippen LogP contribution in [0.4, 0.5) is 0 Å². The van der Waals surface area contributed by atoms with Crippen molar-refractivity contribution in [1.29, 1.82) is 0 Å². The van der Waals surface area contributed by atoms with Crippen molar-refractivity contribution in [2.75, 3.05) is 0 Å². The van der Waals surface area contributed by atoms with E-state index in [9.17, 15) is 4.79 Å². The van der Waals surface area contributed by atoms with E-state index in [1.54, 1.807) is 6.92 Å². The monoisotopic (exact) mass is 462 g/mol. The van der Waals surface area contributed by atoms with Crippen LogP contribution in [0.2, 0.25) is 0 Å². The van der Waals surface area contributed by atoms with Gasteiger partial charge in [0.1, 0.15) is 0 Å². The van der Waals surface area contributed by atoms with Crippen molar-refractivity contribution in [2.45, 2.75) is 6.92 Å². The second kappa shape index (κ2) is 8.64. The summed E-state index contributed by atoms with van der Waals surface area (Å²) < 4.78 is 4.51. The van der Waals surface area contributed by atoms with Gasteiger partial charge in [0.15, 0.2) is 0 Å². The zero-order valence-electron chi connectivity index (χ0n) is 11.0. The number of carbonyl (C=O) groups is 1. The average Bonchev–Trinajstić information content (AvgIpc) is 2.47. The normalized spacial score (nSPS) is 10.1. The van der Waals surface area contributed by atoms with Crippen molar-refractivity contribution in [3.8, 4) is 0 Å². The molecule has 0 aliphatic rings. The first kappa shape index (κ1) is 15.8. The number of hydrogen-bond acceptors (Lipinski definition) is 1. The molecule has 2 aromatic rings. The summed E-state index contributed by atoms with van der Waals surface area (Å²) in [5, 5.41) is 0. The van der Waals surface area contributed by atoms with Crippen LogP contribution in [0.25, 0.3) is 0 Å². The summed E-state index contributed by atoms with van der Waals surface area (Å²) in [6.07, 6.45) is 0. The minimum atomic E-state index is -0.0115. The zero-order chi connectivity index (χ0) is 14.2. The van der Waals surface area contributed by atoms with E-state index in [1.807, 2.05) is 12.1 Å². The standard InChI is InChI=1S/C16H14OSe3/c1-13(17)18-12-16(19-14-8-4-2-5-9-14)20-15-10-6-3-7-11-15/h2-12H,1H3. The average molecular weight is 459 g/mol. The van der Waals surface area contributed by atoms with Crippen molar-refractivity contribution < 1.29 is 4.79 Å². The molecule has 102 valence electrons. The predicted octanol–water partition coefficient (Wildman–Crippen LogP) is 1.10. The van der Waals surface area contributed by atoms with Crippen molar-refractivity contribution in [2.24, 2.45) is 0 Å². The van der Waals surface area contributed by atoms with Crippen molar-refractivity contribution >= 4 is 58.5 Å². The summed E-state index contributed by atoms with van der Waals surface area (Å²) in [5.41, 5.74) is 0. The molecule has 0 unspecified atom stereocenters. The summed E-state index contributed by atoms with van der Waals surface area (Å²) in [5.74, 6) is 0. The first-order valence-corrected chi connectivity index (χ1v) is 11.3. The van der Waals surface area contributed by atoms with Crippen LogP contribution < -0.4 is 8.92 Å². The Labute approximate surface area is 138 Å². The van der Waals surface area contributed by atoms with E-state index in [-0.39, 0.29) is 15.0 Å². The maximum absolute atomic E-state index is 11.3. The van der Waals surface area contributed by atoms with Crippen molar-refractivity contribution in [1.82, 2.24) is 0 Å². The molecule has 0 aliphatic heterocycles. The quantitative estimate of drug-likeness (QED) is 0.592. The Hall–Kier alpha value is -0.592. The van der Waals surface area contributed by atoms with Gasteiger partial charge in [-0.3, -0.25) is 0 Å². The third-order valence-electron chi connectivity index (χ3n) is 2.24. The summed E-state index contributed by atoms with van der Waals surface area (Å²) >= 11 is 0.644. The Morgan fingerprint density at radius 3 is 1.70 bits per heavy atom. The molecule has 0 amide bonds. The van der Waals surface area contributed by atoms with Gasteiger partial charge in [0.2, 0.25) is 0 Å². The summed E-state index contributed by atoms with van der Waals surface area (Å²) in [4.78, 5) is 13.5. The van der Waals surface area contributed by atoms with Gasteiger partial charge in [-0.05, 0) is 0 Å². The molecule has 0 bridgehead atoms. The molecule has 0 saturated heterocycles. The van der Waals surface area contributed by atoms with Gasteiger partial charge >= 0.3 is 139 Å². The second-order valence-corrected chi connectivity index (χ2v) is 12.1. The van der Waals surface area contributed by atoms with Crippen molar-refractivity contribution in [3.63, 3.8) is 0 Å². The molecule has 2 aromatic carbocycles. The van der Waals surface area contributed by atoms with Crippen LogP contribution in [0.3, 0.4) is 0 Å². The minimum absolute atomic E-state index is 0.0115. The fourth-order valence-corrected chi connectivity index (χ4v) is 9.10. The van der Waals surface area contributed by atoms with E-state index < -0.39 is 0 Å². The van der Waals surface area contributed by atoms with Gasteiger partial charge in [-0.25, -0.2) is 0 Å². The Morgan fingerprint density at radius 1 is 0.850 bits per heavy atom. The molecule has 20 heavy (non-hydrogen) atoms. The zero-order valence-corrected chi connectivity index (χ0v) is 16.1. The van der Waals surface area contributed by atoms with Crippen LogP contribution in [0, 0.1) is 0 Å². The van der Waals surface area contributed by atoms with Crippen LogP contribution in [0.1, 0.15) is 6.92 Å². The predicted molar refractivity (Wildman–Crippen MR) is 88.2 cm³/mol. The second-order valence-electron chi connectivity index (χ2n) is 3.88. The molecule has 0 saturated carbocycles. The number of rotatable bonds is 6. The first-order chi connectivity index (χ1) is 9.74. The van der Waals surface area contributed by atoms with E-state index >= 15 is 0 Å². The molecule has 0 spiro atoms. The van der Waals surface area contributed by atoms with E-state index in [1.165, 1.54) is 12.3 Å². The maximum atomic E-state index is 11.3. The third-order valence-corrected chi connectivity index (χ3v) is 10.5. The third kappa shape index (κ3) is 5.81. The molecular formula is C16H14OSe3. The van der Waals surface area contributed by atoms with Crippen LogP contribution in [0.15, 0.2) is 69.0 Å². The Morgan fingerprint density at radius 2 is 1.30 bits per heavy atom. The Kier molecular flexibility index (Phi) is 6.82. The number of hydrogen-bond donors (Lipinski definition) is 0. The summed E-state index contributed by atoms with van der Waals surface area (Å²) in [6.45, 7) is 1.68. The number of carbonyl (C=O) groups excluding carboxylic acids is 1. The summed E-state index contributed by atoms with van der Waals surface area (Å²) in [6, 6.07) is 21.1. The first-order valence-electron chi connectivity index (χ1n) is 6.07. The fraction of sp³-hybridized carbons (Fsp3) is 0.0625. The molecule has 2 rings (SSSR count). The molecule has 0 fully saturated rings. The Bertz CT molecular complexity index is 536. The van der Waals surface area contributed by atoms with E-state index in [0.717, 1.165) is 0 Å². The van der Waals surface area contributed by atoms with E-state index in [2.05, 4.69) is 53.5 Å². The summed E-state index contributed by atoms with van der Waals surface area (Å²) in [7, 11) is 0.